The van der Waals surface area contributed by atoms with Crippen molar-refractivity contribution in [2.45, 2.75) is 40.0 Å². The molecule has 0 atom stereocenters. The Hall–Kier alpha value is -2.17. The standard InChI is InChI=1S/C15H19N3O2/c1-4-6-14(19)16-12-9-11(8-7-10(12)3)15-17-13(5-2)18-20-15/h7-9H,4-6H2,1-3H3,(H,16,19). The highest BCUT2D eigenvalue weighted by molar-refractivity contribution is 5.92. The Morgan fingerprint density at radius 2 is 2.15 bits per heavy atom. The van der Waals surface area contributed by atoms with Crippen LogP contribution in [0.2, 0.25) is 0 Å². The van der Waals surface area contributed by atoms with E-state index in [0.717, 1.165) is 29.7 Å². The number of nitrogens with one attached hydrogen (secondary N) is 1. The van der Waals surface area contributed by atoms with Gasteiger partial charge in [0.05, 0.1) is 0 Å². The molecule has 0 fully saturated rings. The lowest BCUT2D eigenvalue weighted by molar-refractivity contribution is -0.116. The molecule has 2 aromatic rings. The molecule has 0 aliphatic heterocycles. The van der Waals surface area contributed by atoms with Crippen LogP contribution in [0.1, 0.15) is 38.1 Å². The molecule has 1 amide bonds. The van der Waals surface area contributed by atoms with Gasteiger partial charge in [-0.3, -0.25) is 4.79 Å². The van der Waals surface area contributed by atoms with Gasteiger partial charge in [0.25, 0.3) is 5.89 Å². The number of carbonyl (C=O) groups excluding carboxylic acids is 1. The number of amides is 1. The van der Waals surface area contributed by atoms with Crippen molar-refractivity contribution >= 4 is 11.6 Å². The number of hydrogen-bond donors (Lipinski definition) is 1. The first-order valence-corrected chi connectivity index (χ1v) is 6.87. The predicted octanol–water partition coefficient (Wildman–Crippen LogP) is 3.35. The summed E-state index contributed by atoms with van der Waals surface area (Å²) in [5.41, 5.74) is 2.61. The van der Waals surface area contributed by atoms with Crippen molar-refractivity contribution < 1.29 is 9.32 Å². The molecule has 0 radical (unpaired) electrons. The van der Waals surface area contributed by atoms with Gasteiger partial charge in [0, 0.05) is 24.1 Å². The van der Waals surface area contributed by atoms with Crippen LogP contribution >= 0.6 is 0 Å². The molecule has 2 rings (SSSR count). The molecule has 0 spiro atoms. The molecule has 0 saturated carbocycles. The summed E-state index contributed by atoms with van der Waals surface area (Å²) in [5.74, 6) is 1.18. The largest absolute Gasteiger partial charge is 0.334 e. The van der Waals surface area contributed by atoms with E-state index >= 15 is 0 Å². The summed E-state index contributed by atoms with van der Waals surface area (Å²) >= 11 is 0. The third kappa shape index (κ3) is 3.23. The van der Waals surface area contributed by atoms with Gasteiger partial charge in [-0.2, -0.15) is 4.98 Å². The minimum atomic E-state index is 0.0209. The van der Waals surface area contributed by atoms with Crippen molar-refractivity contribution in [1.29, 1.82) is 0 Å². The first-order chi connectivity index (χ1) is 9.63. The molecule has 0 aliphatic carbocycles. The minimum Gasteiger partial charge on any atom is -0.334 e. The maximum Gasteiger partial charge on any atom is 0.257 e. The molecule has 0 bridgehead atoms. The van der Waals surface area contributed by atoms with Crippen molar-refractivity contribution in [3.63, 3.8) is 0 Å². The van der Waals surface area contributed by atoms with Gasteiger partial charge in [-0.15, -0.1) is 0 Å². The molecule has 20 heavy (non-hydrogen) atoms. The lowest BCUT2D eigenvalue weighted by atomic mass is 10.1. The maximum absolute atomic E-state index is 11.7. The second-order valence-corrected chi connectivity index (χ2v) is 4.70. The fraction of sp³-hybridized carbons (Fsp3) is 0.400. The van der Waals surface area contributed by atoms with E-state index in [9.17, 15) is 4.79 Å². The van der Waals surface area contributed by atoms with Gasteiger partial charge in [-0.25, -0.2) is 0 Å². The lowest BCUT2D eigenvalue weighted by Crippen LogP contribution is -2.11. The van der Waals surface area contributed by atoms with Gasteiger partial charge < -0.3 is 9.84 Å². The summed E-state index contributed by atoms with van der Waals surface area (Å²) in [4.78, 5) is 16.0. The normalized spacial score (nSPS) is 10.6. The molecule has 0 unspecified atom stereocenters. The Balaban J connectivity index is 2.25. The third-order valence-electron chi connectivity index (χ3n) is 3.02. The second-order valence-electron chi connectivity index (χ2n) is 4.70. The van der Waals surface area contributed by atoms with Gasteiger partial charge in [-0.05, 0) is 31.0 Å². The smallest absolute Gasteiger partial charge is 0.257 e. The summed E-state index contributed by atoms with van der Waals surface area (Å²) in [6.07, 6.45) is 2.08. The van der Waals surface area contributed by atoms with Crippen LogP contribution in [0.25, 0.3) is 11.5 Å². The fourth-order valence-electron chi connectivity index (χ4n) is 1.84. The first-order valence-electron chi connectivity index (χ1n) is 6.87. The zero-order valence-electron chi connectivity index (χ0n) is 12.1. The van der Waals surface area contributed by atoms with Gasteiger partial charge in [0.2, 0.25) is 5.91 Å². The molecule has 5 nitrogen and oxygen atoms in total. The van der Waals surface area contributed by atoms with E-state index in [0.29, 0.717) is 18.1 Å². The van der Waals surface area contributed by atoms with Crippen LogP contribution < -0.4 is 5.32 Å². The first kappa shape index (κ1) is 14.2. The van der Waals surface area contributed by atoms with Crippen molar-refractivity contribution in [3.05, 3.63) is 29.6 Å². The van der Waals surface area contributed by atoms with E-state index in [-0.39, 0.29) is 5.91 Å². The summed E-state index contributed by atoms with van der Waals surface area (Å²) in [7, 11) is 0. The van der Waals surface area contributed by atoms with Crippen LogP contribution in [0.15, 0.2) is 22.7 Å². The van der Waals surface area contributed by atoms with E-state index in [1.165, 1.54) is 0 Å². The number of anilines is 1. The minimum absolute atomic E-state index is 0.0209. The summed E-state index contributed by atoms with van der Waals surface area (Å²) in [5, 5.41) is 6.79. The molecule has 0 aliphatic rings. The van der Waals surface area contributed by atoms with Crippen LogP contribution in [0.4, 0.5) is 5.69 Å². The van der Waals surface area contributed by atoms with E-state index < -0.39 is 0 Å². The highest BCUT2D eigenvalue weighted by atomic mass is 16.5. The average Bonchev–Trinajstić information content (AvgIpc) is 2.90. The van der Waals surface area contributed by atoms with Crippen molar-refractivity contribution in [3.8, 4) is 11.5 Å². The Bertz CT molecular complexity index is 605. The average molecular weight is 273 g/mol. The van der Waals surface area contributed by atoms with E-state index in [1.54, 1.807) is 0 Å². The number of rotatable bonds is 5. The van der Waals surface area contributed by atoms with E-state index in [2.05, 4.69) is 15.5 Å². The highest BCUT2D eigenvalue weighted by Crippen LogP contribution is 2.24. The number of carbonyl (C=O) groups is 1. The quantitative estimate of drug-likeness (QED) is 0.907. The predicted molar refractivity (Wildman–Crippen MR) is 77.4 cm³/mol. The molecular formula is C15H19N3O2. The van der Waals surface area contributed by atoms with Gasteiger partial charge in [0.15, 0.2) is 5.82 Å². The Labute approximate surface area is 118 Å². The van der Waals surface area contributed by atoms with Crippen molar-refractivity contribution in [2.24, 2.45) is 0 Å². The second kappa shape index (κ2) is 6.32. The van der Waals surface area contributed by atoms with E-state index in [1.807, 2.05) is 39.0 Å². The molecular weight excluding hydrogens is 254 g/mol. The molecule has 5 heteroatoms. The maximum atomic E-state index is 11.7. The summed E-state index contributed by atoms with van der Waals surface area (Å²) in [6.45, 7) is 5.91. The van der Waals surface area contributed by atoms with Gasteiger partial charge in [-0.1, -0.05) is 25.1 Å². The van der Waals surface area contributed by atoms with E-state index in [4.69, 9.17) is 4.52 Å². The summed E-state index contributed by atoms with van der Waals surface area (Å²) in [6, 6.07) is 5.72. The van der Waals surface area contributed by atoms with Crippen LogP contribution in [0, 0.1) is 6.92 Å². The molecule has 0 saturated heterocycles. The fourth-order valence-corrected chi connectivity index (χ4v) is 1.84. The SMILES string of the molecule is CCCC(=O)Nc1cc(-c2nc(CC)no2)ccc1C. The van der Waals surface area contributed by atoms with Crippen LogP contribution in [-0.2, 0) is 11.2 Å². The zero-order chi connectivity index (χ0) is 14.5. The highest BCUT2D eigenvalue weighted by Gasteiger charge is 2.11. The monoisotopic (exact) mass is 273 g/mol. The molecule has 106 valence electrons. The number of nitrogens with zero attached hydrogens (tertiary/aromatic N) is 2. The molecule has 1 heterocycles. The molecule has 1 aromatic heterocycles. The van der Waals surface area contributed by atoms with Gasteiger partial charge in [0.1, 0.15) is 0 Å². The van der Waals surface area contributed by atoms with Crippen LogP contribution in [0.3, 0.4) is 0 Å². The zero-order valence-corrected chi connectivity index (χ0v) is 12.1. The number of hydrogen-bond acceptors (Lipinski definition) is 4. The van der Waals surface area contributed by atoms with Crippen LogP contribution in [0.5, 0.6) is 0 Å². The Kier molecular flexibility index (Phi) is 4.50. The van der Waals surface area contributed by atoms with Crippen molar-refractivity contribution in [1.82, 2.24) is 10.1 Å². The third-order valence-corrected chi connectivity index (χ3v) is 3.02. The van der Waals surface area contributed by atoms with Crippen molar-refractivity contribution in [2.75, 3.05) is 5.32 Å². The molecule has 1 aromatic carbocycles. The molecule has 1 N–H and O–H groups in total. The van der Waals surface area contributed by atoms with Crippen LogP contribution in [-0.4, -0.2) is 16.0 Å². The number of aryl methyl sites for hydroxylation is 2. The topological polar surface area (TPSA) is 68.0 Å². The number of aromatic nitrogens is 2. The Morgan fingerprint density at radius 1 is 1.35 bits per heavy atom. The Morgan fingerprint density at radius 3 is 2.80 bits per heavy atom. The summed E-state index contributed by atoms with van der Waals surface area (Å²) < 4.78 is 5.22. The van der Waals surface area contributed by atoms with Gasteiger partial charge >= 0.3 is 0 Å². The number of benzene rings is 1. The lowest BCUT2D eigenvalue weighted by Gasteiger charge is -2.08.